The van der Waals surface area contributed by atoms with Gasteiger partial charge >= 0.3 is 5.97 Å². The molecule has 3 N–H and O–H groups in total. The maximum Gasteiger partial charge on any atom is 0.326 e. The molecule has 8 nitrogen and oxygen atoms in total. The van der Waals surface area contributed by atoms with E-state index in [-0.39, 0.29) is 6.42 Å². The quantitative estimate of drug-likeness (QED) is 0.384. The van der Waals surface area contributed by atoms with Crippen LogP contribution in [0.1, 0.15) is 46.9 Å². The first kappa shape index (κ1) is 26.1. The van der Waals surface area contributed by atoms with Gasteiger partial charge < -0.3 is 20.6 Å². The van der Waals surface area contributed by atoms with Gasteiger partial charge in [0.05, 0.1) is 11.3 Å². The summed E-state index contributed by atoms with van der Waals surface area (Å²) in [5.74, 6) is 0.0668. The van der Waals surface area contributed by atoms with Crippen LogP contribution in [0.4, 0.5) is 11.5 Å². The molecule has 0 aliphatic carbocycles. The molecule has 1 saturated heterocycles. The van der Waals surface area contributed by atoms with E-state index in [9.17, 15) is 14.7 Å². The first-order chi connectivity index (χ1) is 17.9. The summed E-state index contributed by atoms with van der Waals surface area (Å²) in [7, 11) is 0. The predicted octanol–water partition coefficient (Wildman–Crippen LogP) is 4.10. The Bertz CT molecular complexity index is 1190. The first-order valence-corrected chi connectivity index (χ1v) is 12.9. The third-order valence-electron chi connectivity index (χ3n) is 7.00. The Morgan fingerprint density at radius 1 is 1.05 bits per heavy atom. The number of carboxylic acid groups (broad SMARTS) is 1. The van der Waals surface area contributed by atoms with Gasteiger partial charge in [-0.1, -0.05) is 25.1 Å². The maximum atomic E-state index is 12.9. The van der Waals surface area contributed by atoms with Crippen molar-refractivity contribution in [2.24, 2.45) is 5.92 Å². The van der Waals surface area contributed by atoms with E-state index in [1.165, 1.54) is 0 Å². The molecular formula is C29H35N5O3. The van der Waals surface area contributed by atoms with E-state index < -0.39 is 17.9 Å². The van der Waals surface area contributed by atoms with Gasteiger partial charge in [0.2, 0.25) is 0 Å². The van der Waals surface area contributed by atoms with Crippen LogP contribution in [-0.2, 0) is 17.6 Å². The highest BCUT2D eigenvalue weighted by Gasteiger charge is 2.24. The summed E-state index contributed by atoms with van der Waals surface area (Å²) in [6, 6.07) is 14.6. The lowest BCUT2D eigenvalue weighted by Crippen LogP contribution is -2.43. The first-order valence-electron chi connectivity index (χ1n) is 12.9. The second-order valence-corrected chi connectivity index (χ2v) is 9.56. The third-order valence-corrected chi connectivity index (χ3v) is 7.00. The minimum atomic E-state index is -1.06. The molecule has 2 aromatic heterocycles. The molecular weight excluding hydrogens is 466 g/mol. The molecule has 1 amide bonds. The Labute approximate surface area is 218 Å². The molecule has 8 heteroatoms. The van der Waals surface area contributed by atoms with Crippen molar-refractivity contribution in [3.63, 3.8) is 0 Å². The van der Waals surface area contributed by atoms with Crippen LogP contribution in [-0.4, -0.2) is 52.6 Å². The van der Waals surface area contributed by atoms with Gasteiger partial charge in [-0.15, -0.1) is 0 Å². The van der Waals surface area contributed by atoms with Crippen LogP contribution in [0.15, 0.2) is 60.9 Å². The lowest BCUT2D eigenvalue weighted by Gasteiger charge is -2.34. The zero-order valence-corrected chi connectivity index (χ0v) is 21.5. The van der Waals surface area contributed by atoms with Gasteiger partial charge in [0, 0.05) is 44.1 Å². The summed E-state index contributed by atoms with van der Waals surface area (Å²) in [5.41, 5.74) is 3.92. The molecule has 3 heterocycles. The Kier molecular flexibility index (Phi) is 8.72. The molecule has 0 unspecified atom stereocenters. The van der Waals surface area contributed by atoms with Crippen molar-refractivity contribution in [2.75, 3.05) is 29.9 Å². The van der Waals surface area contributed by atoms with Crippen LogP contribution in [0.3, 0.4) is 0 Å². The highest BCUT2D eigenvalue weighted by molar-refractivity contribution is 5.98. The summed E-state index contributed by atoms with van der Waals surface area (Å²) in [6.07, 6.45) is 6.48. The van der Waals surface area contributed by atoms with Crippen LogP contribution in [0.25, 0.3) is 0 Å². The molecule has 0 saturated carbocycles. The number of carboxylic acids is 1. The number of nitrogens with one attached hydrogen (secondary N) is 2. The summed E-state index contributed by atoms with van der Waals surface area (Å²) in [4.78, 5) is 35.9. The molecule has 3 aromatic rings. The Morgan fingerprint density at radius 3 is 2.46 bits per heavy atom. The van der Waals surface area contributed by atoms with E-state index in [1.807, 2.05) is 56.3 Å². The lowest BCUT2D eigenvalue weighted by atomic mass is 9.96. The number of aromatic nitrogens is 2. The number of piperidine rings is 1. The summed E-state index contributed by atoms with van der Waals surface area (Å²) >= 11 is 0. The Balaban J connectivity index is 1.31. The van der Waals surface area contributed by atoms with Crippen LogP contribution in [0.5, 0.6) is 0 Å². The number of hydrogen-bond acceptors (Lipinski definition) is 6. The molecule has 1 aliphatic rings. The number of carbonyl (C=O) groups is 2. The molecule has 1 fully saturated rings. The summed E-state index contributed by atoms with van der Waals surface area (Å²) < 4.78 is 0. The molecule has 0 spiro atoms. The van der Waals surface area contributed by atoms with Crippen LogP contribution in [0, 0.1) is 12.8 Å². The Morgan fingerprint density at radius 2 is 1.81 bits per heavy atom. The number of aliphatic carboxylic acids is 1. The topological polar surface area (TPSA) is 107 Å². The zero-order valence-electron chi connectivity index (χ0n) is 21.5. The standard InChI is InChI=1S/C29H35N5O3/c1-3-24-27(20(2)11-15-30-24)28(35)33-25(29(36)37)18-21-7-9-23(10-8-21)34-16-12-22(13-17-34)19-32-26-6-4-5-14-31-26/h4-11,14-15,22,25H,3,12-13,16-19H2,1-2H3,(H,31,32)(H,33,35)(H,36,37)/t25-/m0/s1. The molecule has 0 radical (unpaired) electrons. The average molecular weight is 502 g/mol. The normalized spacial score (nSPS) is 14.7. The van der Waals surface area contributed by atoms with Gasteiger partial charge in [-0.25, -0.2) is 9.78 Å². The molecule has 1 aromatic carbocycles. The number of aryl methyl sites for hydroxylation is 2. The van der Waals surface area contributed by atoms with E-state index in [1.54, 1.807) is 18.5 Å². The smallest absolute Gasteiger partial charge is 0.326 e. The number of amides is 1. The van der Waals surface area contributed by atoms with Gasteiger partial charge in [0.1, 0.15) is 11.9 Å². The van der Waals surface area contributed by atoms with Gasteiger partial charge in [-0.2, -0.15) is 0 Å². The van der Waals surface area contributed by atoms with E-state index in [4.69, 9.17) is 0 Å². The second-order valence-electron chi connectivity index (χ2n) is 9.56. The van der Waals surface area contributed by atoms with Crippen LogP contribution in [0.2, 0.25) is 0 Å². The SMILES string of the molecule is CCc1nccc(C)c1C(=O)N[C@@H](Cc1ccc(N2CCC(CNc3ccccn3)CC2)cc1)C(=O)O. The van der Waals surface area contributed by atoms with Crippen molar-refractivity contribution >= 4 is 23.4 Å². The van der Waals surface area contributed by atoms with E-state index in [2.05, 4.69) is 25.5 Å². The largest absolute Gasteiger partial charge is 0.480 e. The van der Waals surface area contributed by atoms with Gasteiger partial charge in [0.15, 0.2) is 0 Å². The Hall–Kier alpha value is -3.94. The summed E-state index contributed by atoms with van der Waals surface area (Å²) in [6.45, 7) is 6.64. The maximum absolute atomic E-state index is 12.9. The molecule has 1 atom stereocenters. The highest BCUT2D eigenvalue weighted by Crippen LogP contribution is 2.24. The van der Waals surface area contributed by atoms with Gasteiger partial charge in [-0.05, 0) is 73.6 Å². The molecule has 0 bridgehead atoms. The number of pyridine rings is 2. The average Bonchev–Trinajstić information content (AvgIpc) is 2.92. The molecule has 4 rings (SSSR count). The van der Waals surface area contributed by atoms with Crippen LogP contribution < -0.4 is 15.5 Å². The van der Waals surface area contributed by atoms with E-state index in [0.717, 1.165) is 55.1 Å². The molecule has 37 heavy (non-hydrogen) atoms. The number of hydrogen-bond donors (Lipinski definition) is 3. The number of anilines is 2. The third kappa shape index (κ3) is 6.84. The fourth-order valence-corrected chi connectivity index (χ4v) is 4.81. The number of carbonyl (C=O) groups excluding carboxylic acids is 1. The highest BCUT2D eigenvalue weighted by atomic mass is 16.4. The second kappa shape index (κ2) is 12.3. The minimum Gasteiger partial charge on any atom is -0.480 e. The number of benzene rings is 1. The van der Waals surface area contributed by atoms with Crippen molar-refractivity contribution in [3.05, 3.63) is 83.3 Å². The lowest BCUT2D eigenvalue weighted by molar-refractivity contribution is -0.139. The molecule has 194 valence electrons. The molecule has 1 aliphatic heterocycles. The number of rotatable bonds is 10. The van der Waals surface area contributed by atoms with Gasteiger partial charge in [-0.3, -0.25) is 9.78 Å². The fraction of sp³-hybridized carbons (Fsp3) is 0.379. The van der Waals surface area contributed by atoms with Crippen molar-refractivity contribution in [1.29, 1.82) is 0 Å². The van der Waals surface area contributed by atoms with E-state index >= 15 is 0 Å². The predicted molar refractivity (Wildman–Crippen MR) is 145 cm³/mol. The van der Waals surface area contributed by atoms with Gasteiger partial charge in [0.25, 0.3) is 5.91 Å². The van der Waals surface area contributed by atoms with Crippen LogP contribution >= 0.6 is 0 Å². The zero-order chi connectivity index (χ0) is 26.2. The van der Waals surface area contributed by atoms with Crippen molar-refractivity contribution in [2.45, 2.75) is 45.6 Å². The van der Waals surface area contributed by atoms with E-state index in [0.29, 0.717) is 23.6 Å². The summed E-state index contributed by atoms with van der Waals surface area (Å²) in [5, 5.41) is 15.9. The fourth-order valence-electron chi connectivity index (χ4n) is 4.81. The van der Waals surface area contributed by atoms with Crippen molar-refractivity contribution < 1.29 is 14.7 Å². The van der Waals surface area contributed by atoms with Crippen molar-refractivity contribution in [3.8, 4) is 0 Å². The van der Waals surface area contributed by atoms with Crippen molar-refractivity contribution in [1.82, 2.24) is 15.3 Å². The monoisotopic (exact) mass is 501 g/mol. The number of nitrogens with zero attached hydrogens (tertiary/aromatic N) is 3. The minimum absolute atomic E-state index is 0.212.